The number of H-pyrrole nitrogens is 1. The van der Waals surface area contributed by atoms with Gasteiger partial charge in [0.2, 0.25) is 5.91 Å². The number of ether oxygens (including phenoxy) is 1. The zero-order chi connectivity index (χ0) is 25.0. The van der Waals surface area contributed by atoms with Gasteiger partial charge in [0.25, 0.3) is 0 Å². The van der Waals surface area contributed by atoms with E-state index in [1.165, 1.54) is 0 Å². The summed E-state index contributed by atoms with van der Waals surface area (Å²) in [6.45, 7) is 6.85. The smallest absolute Gasteiger partial charge is 0.410 e. The second-order valence-corrected chi connectivity index (χ2v) is 9.19. The molecule has 1 atom stereocenters. The number of carboxylic acids is 2. The van der Waals surface area contributed by atoms with Gasteiger partial charge in [0.15, 0.2) is 0 Å². The first-order valence-corrected chi connectivity index (χ1v) is 11.0. The first kappa shape index (κ1) is 25.0. The van der Waals surface area contributed by atoms with Gasteiger partial charge in [0.1, 0.15) is 11.6 Å². The van der Waals surface area contributed by atoms with E-state index in [0.717, 1.165) is 0 Å². The van der Waals surface area contributed by atoms with Crippen molar-refractivity contribution in [2.45, 2.75) is 45.3 Å². The fourth-order valence-electron chi connectivity index (χ4n) is 3.87. The molecule has 3 rings (SSSR count). The lowest BCUT2D eigenvalue weighted by Gasteiger charge is -2.38. The number of nitrogens with zero attached hydrogens (tertiary/aromatic N) is 2. The van der Waals surface area contributed by atoms with Crippen molar-refractivity contribution < 1.29 is 34.1 Å². The highest BCUT2D eigenvalue weighted by Gasteiger charge is 2.34. The van der Waals surface area contributed by atoms with Gasteiger partial charge < -0.3 is 30.2 Å². The highest BCUT2D eigenvalue weighted by atomic mass is 16.6. The molecule has 1 aromatic carbocycles. The lowest BCUT2D eigenvalue weighted by atomic mass is 10.0. The van der Waals surface area contributed by atoms with E-state index in [2.05, 4.69) is 10.3 Å². The van der Waals surface area contributed by atoms with Crippen LogP contribution in [-0.2, 0) is 19.1 Å². The summed E-state index contributed by atoms with van der Waals surface area (Å²) in [6.07, 6.45) is 0.825. The summed E-state index contributed by atoms with van der Waals surface area (Å²) < 4.78 is 5.40. The van der Waals surface area contributed by atoms with Gasteiger partial charge in [-0.25, -0.2) is 4.79 Å². The average Bonchev–Trinajstić information content (AvgIpc) is 3.14. The number of aromatic nitrogens is 1. The number of piperazine rings is 1. The lowest BCUT2D eigenvalue weighted by Crippen LogP contribution is -2.51. The van der Waals surface area contributed by atoms with E-state index in [-0.39, 0.29) is 12.8 Å². The third-order valence-corrected chi connectivity index (χ3v) is 5.42. The van der Waals surface area contributed by atoms with E-state index in [4.69, 9.17) is 9.84 Å². The zero-order valence-electron chi connectivity index (χ0n) is 19.5. The van der Waals surface area contributed by atoms with Crippen molar-refractivity contribution in [3.05, 3.63) is 30.0 Å². The fourth-order valence-corrected chi connectivity index (χ4v) is 3.87. The Hall–Kier alpha value is -3.60. The number of carbonyl (C=O) groups excluding carboxylic acids is 2. The van der Waals surface area contributed by atoms with Crippen LogP contribution in [-0.4, -0.2) is 80.7 Å². The molecule has 11 nitrogen and oxygen atoms in total. The van der Waals surface area contributed by atoms with E-state index >= 15 is 0 Å². The van der Waals surface area contributed by atoms with Crippen molar-refractivity contribution >= 4 is 40.5 Å². The van der Waals surface area contributed by atoms with Gasteiger partial charge in [-0.15, -0.1) is 0 Å². The highest BCUT2D eigenvalue weighted by Crippen LogP contribution is 2.31. The monoisotopic (exact) mass is 474 g/mol. The van der Waals surface area contributed by atoms with Crippen LogP contribution in [0.25, 0.3) is 10.9 Å². The molecule has 2 amide bonds. The minimum absolute atomic E-state index is 0.139. The Morgan fingerprint density at radius 2 is 1.76 bits per heavy atom. The van der Waals surface area contributed by atoms with Gasteiger partial charge in [0.05, 0.1) is 6.42 Å². The van der Waals surface area contributed by atoms with Gasteiger partial charge >= 0.3 is 18.0 Å². The minimum Gasteiger partial charge on any atom is -0.481 e. The summed E-state index contributed by atoms with van der Waals surface area (Å²) in [5.74, 6) is -2.47. The largest absolute Gasteiger partial charge is 0.481 e. The van der Waals surface area contributed by atoms with E-state index in [0.29, 0.717) is 48.3 Å². The van der Waals surface area contributed by atoms with Gasteiger partial charge in [0, 0.05) is 61.0 Å². The molecular formula is C23H30N4O7. The summed E-state index contributed by atoms with van der Waals surface area (Å²) in [5.41, 5.74) is 1.10. The number of aliphatic carboxylic acids is 2. The number of carbonyl (C=O) groups is 4. The Morgan fingerprint density at radius 3 is 2.35 bits per heavy atom. The number of anilines is 1. The Balaban J connectivity index is 1.71. The predicted octanol–water partition coefficient (Wildman–Crippen LogP) is 2.65. The molecule has 34 heavy (non-hydrogen) atoms. The molecule has 184 valence electrons. The number of nitrogens with one attached hydrogen (secondary N) is 2. The maximum absolute atomic E-state index is 12.3. The molecule has 1 aliphatic rings. The molecule has 4 N–H and O–H groups in total. The molecule has 0 aliphatic carbocycles. The molecule has 1 fully saturated rings. The third-order valence-electron chi connectivity index (χ3n) is 5.42. The lowest BCUT2D eigenvalue weighted by molar-refractivity contribution is -0.144. The molecule has 2 heterocycles. The predicted molar refractivity (Wildman–Crippen MR) is 124 cm³/mol. The number of hydrogen-bond acceptors (Lipinski definition) is 6. The summed E-state index contributed by atoms with van der Waals surface area (Å²) >= 11 is 0. The van der Waals surface area contributed by atoms with Crippen LogP contribution in [0.1, 0.15) is 45.2 Å². The van der Waals surface area contributed by atoms with E-state index in [1.807, 2.05) is 4.90 Å². The van der Waals surface area contributed by atoms with Crippen molar-refractivity contribution in [2.75, 3.05) is 31.5 Å². The first-order valence-electron chi connectivity index (χ1n) is 11.0. The molecule has 1 aromatic heterocycles. The standard InChI is InChI=1S/C23H30N4O7/c1-23(2,3)34-22(33)27-10-8-26(9-11-27)20(21(31)32)16-13-24-17-12-14(4-5-15(16)17)25-18(28)6-7-19(29)30/h4-5,12-13,20,24H,6-11H2,1-3H3,(H,25,28)(H,29,30)(H,31,32). The Kier molecular flexibility index (Phi) is 7.45. The van der Waals surface area contributed by atoms with Crippen LogP contribution in [0.2, 0.25) is 0 Å². The molecule has 11 heteroatoms. The fraction of sp³-hybridized carbons (Fsp3) is 0.478. The van der Waals surface area contributed by atoms with E-state index in [9.17, 15) is 24.3 Å². The molecule has 1 saturated heterocycles. The topological polar surface area (TPSA) is 152 Å². The Labute approximate surface area is 196 Å². The van der Waals surface area contributed by atoms with Gasteiger partial charge in [-0.05, 0) is 32.9 Å². The first-order chi connectivity index (χ1) is 15.9. The summed E-state index contributed by atoms with van der Waals surface area (Å²) in [6, 6.07) is 4.14. The molecule has 1 unspecified atom stereocenters. The summed E-state index contributed by atoms with van der Waals surface area (Å²) in [7, 11) is 0. The quantitative estimate of drug-likeness (QED) is 0.478. The minimum atomic E-state index is -1.05. The van der Waals surface area contributed by atoms with Crippen LogP contribution >= 0.6 is 0 Å². The normalized spacial score (nSPS) is 15.7. The number of rotatable bonds is 7. The van der Waals surface area contributed by atoms with Crippen molar-refractivity contribution in [1.29, 1.82) is 0 Å². The highest BCUT2D eigenvalue weighted by molar-refractivity contribution is 5.96. The van der Waals surface area contributed by atoms with Crippen LogP contribution in [0.3, 0.4) is 0 Å². The maximum atomic E-state index is 12.3. The van der Waals surface area contributed by atoms with Crippen LogP contribution in [0.5, 0.6) is 0 Å². The SMILES string of the molecule is CC(C)(C)OC(=O)N1CCN(C(C(=O)O)c2c[nH]c3cc(NC(=O)CCC(=O)O)ccc23)CC1. The zero-order valence-corrected chi connectivity index (χ0v) is 19.5. The average molecular weight is 475 g/mol. The summed E-state index contributed by atoms with van der Waals surface area (Å²) in [5, 5.41) is 22.0. The number of carboxylic acid groups (broad SMARTS) is 2. The number of hydrogen-bond donors (Lipinski definition) is 4. The van der Waals surface area contributed by atoms with Crippen molar-refractivity contribution in [1.82, 2.24) is 14.8 Å². The van der Waals surface area contributed by atoms with Crippen LogP contribution in [0.4, 0.5) is 10.5 Å². The molecule has 1 aliphatic heterocycles. The number of aromatic amines is 1. The molecule has 0 bridgehead atoms. The van der Waals surface area contributed by atoms with Crippen LogP contribution < -0.4 is 5.32 Å². The second-order valence-electron chi connectivity index (χ2n) is 9.19. The molecular weight excluding hydrogens is 444 g/mol. The van der Waals surface area contributed by atoms with Gasteiger partial charge in [-0.1, -0.05) is 6.07 Å². The molecule has 2 aromatic rings. The second kappa shape index (κ2) is 10.1. The van der Waals surface area contributed by atoms with E-state index in [1.54, 1.807) is 50.1 Å². The Bertz CT molecular complexity index is 1080. The van der Waals surface area contributed by atoms with Crippen molar-refractivity contribution in [3.63, 3.8) is 0 Å². The maximum Gasteiger partial charge on any atom is 0.410 e. The number of fused-ring (bicyclic) bond motifs is 1. The van der Waals surface area contributed by atoms with Gasteiger partial charge in [-0.2, -0.15) is 0 Å². The summed E-state index contributed by atoms with van der Waals surface area (Å²) in [4.78, 5) is 53.5. The van der Waals surface area contributed by atoms with Crippen LogP contribution in [0.15, 0.2) is 24.4 Å². The molecule has 0 radical (unpaired) electrons. The van der Waals surface area contributed by atoms with Crippen molar-refractivity contribution in [2.24, 2.45) is 0 Å². The van der Waals surface area contributed by atoms with Crippen molar-refractivity contribution in [3.8, 4) is 0 Å². The van der Waals surface area contributed by atoms with Gasteiger partial charge in [-0.3, -0.25) is 19.3 Å². The number of benzene rings is 1. The number of amides is 2. The molecule has 0 saturated carbocycles. The van der Waals surface area contributed by atoms with Crippen LogP contribution in [0, 0.1) is 0 Å². The third kappa shape index (κ3) is 6.25. The Morgan fingerprint density at radius 1 is 1.09 bits per heavy atom. The molecule has 0 spiro atoms. The van der Waals surface area contributed by atoms with E-state index < -0.39 is 35.6 Å².